The Morgan fingerprint density at radius 3 is 2.00 bits per heavy atom. The molecule has 0 aromatic heterocycles. The zero-order valence-electron chi connectivity index (χ0n) is 13.6. The van der Waals surface area contributed by atoms with Crippen LogP contribution in [0.5, 0.6) is 0 Å². The Morgan fingerprint density at radius 1 is 1.00 bits per heavy atom. The van der Waals surface area contributed by atoms with Crippen LogP contribution in [-0.4, -0.2) is 37.1 Å². The molecular formula is C19H25O3P. The predicted molar refractivity (Wildman–Crippen MR) is 98.5 cm³/mol. The van der Waals surface area contributed by atoms with Crippen molar-refractivity contribution in [3.8, 4) is 0 Å². The Balaban J connectivity index is 2.14. The molecule has 0 saturated carbocycles. The summed E-state index contributed by atoms with van der Waals surface area (Å²) < 4.78 is 5.17. The van der Waals surface area contributed by atoms with E-state index in [2.05, 4.69) is 55.2 Å². The number of hydrogen-bond acceptors (Lipinski definition) is 3. The van der Waals surface area contributed by atoms with Crippen LogP contribution in [0.1, 0.15) is 12.8 Å². The minimum absolute atomic E-state index is 0.0494. The monoisotopic (exact) mass is 332 g/mol. The molecule has 0 atom stereocenters. The van der Waals surface area contributed by atoms with Gasteiger partial charge in [0.15, 0.2) is 0 Å². The molecule has 3 nitrogen and oxygen atoms in total. The second kappa shape index (κ2) is 8.81. The SMILES string of the molecule is C[PH](CCC(=O)OCCCO)(c1ccccc1)c1ccccc1. The molecule has 4 heteroatoms. The molecule has 0 unspecified atom stereocenters. The van der Waals surface area contributed by atoms with Crippen molar-refractivity contribution in [3.05, 3.63) is 60.7 Å². The molecule has 2 rings (SSSR count). The van der Waals surface area contributed by atoms with E-state index < -0.39 is 7.26 Å². The molecule has 0 radical (unpaired) electrons. The zero-order chi connectivity index (χ0) is 16.5. The number of aliphatic hydroxyl groups is 1. The first-order valence-corrected chi connectivity index (χ1v) is 10.7. The van der Waals surface area contributed by atoms with E-state index in [9.17, 15) is 4.79 Å². The summed E-state index contributed by atoms with van der Waals surface area (Å²) in [6.07, 6.45) is 1.73. The van der Waals surface area contributed by atoms with E-state index in [-0.39, 0.29) is 12.6 Å². The topological polar surface area (TPSA) is 46.5 Å². The van der Waals surface area contributed by atoms with E-state index in [1.807, 2.05) is 12.1 Å². The number of benzene rings is 2. The third-order valence-electron chi connectivity index (χ3n) is 4.22. The van der Waals surface area contributed by atoms with Gasteiger partial charge in [-0.3, -0.25) is 0 Å². The van der Waals surface area contributed by atoms with Crippen molar-refractivity contribution in [1.82, 2.24) is 0 Å². The number of rotatable bonds is 8. The van der Waals surface area contributed by atoms with Crippen LogP contribution in [0.4, 0.5) is 0 Å². The van der Waals surface area contributed by atoms with Crippen molar-refractivity contribution in [2.75, 3.05) is 26.0 Å². The van der Waals surface area contributed by atoms with E-state index in [1.165, 1.54) is 10.6 Å². The first-order valence-electron chi connectivity index (χ1n) is 8.04. The number of esters is 1. The Hall–Kier alpha value is -1.70. The molecule has 0 heterocycles. The molecule has 0 fully saturated rings. The van der Waals surface area contributed by atoms with Gasteiger partial charge >= 0.3 is 138 Å². The molecule has 0 spiro atoms. The third-order valence-corrected chi connectivity index (χ3v) is 8.68. The molecule has 0 aliphatic carbocycles. The van der Waals surface area contributed by atoms with Crippen LogP contribution in [0.3, 0.4) is 0 Å². The van der Waals surface area contributed by atoms with E-state index in [4.69, 9.17) is 9.84 Å². The minimum atomic E-state index is -1.96. The van der Waals surface area contributed by atoms with Gasteiger partial charge in [-0.05, 0) is 0 Å². The molecule has 0 amide bonds. The van der Waals surface area contributed by atoms with E-state index >= 15 is 0 Å². The van der Waals surface area contributed by atoms with Crippen LogP contribution in [0.2, 0.25) is 0 Å². The summed E-state index contributed by atoms with van der Waals surface area (Å²) in [5.74, 6) is -0.177. The van der Waals surface area contributed by atoms with Crippen molar-refractivity contribution in [3.63, 3.8) is 0 Å². The van der Waals surface area contributed by atoms with Crippen LogP contribution in [0.15, 0.2) is 60.7 Å². The molecule has 0 bridgehead atoms. The molecule has 0 aliphatic heterocycles. The van der Waals surface area contributed by atoms with E-state index in [0.29, 0.717) is 19.4 Å². The first kappa shape index (κ1) is 17.7. The zero-order valence-corrected chi connectivity index (χ0v) is 14.6. The average molecular weight is 332 g/mol. The first-order chi connectivity index (χ1) is 11.2. The van der Waals surface area contributed by atoms with Gasteiger partial charge in [0.2, 0.25) is 0 Å². The fourth-order valence-corrected chi connectivity index (χ4v) is 6.21. The summed E-state index contributed by atoms with van der Waals surface area (Å²) in [7, 11) is -1.96. The Labute approximate surface area is 138 Å². The second-order valence-electron chi connectivity index (χ2n) is 5.86. The number of carbonyl (C=O) groups excluding carboxylic acids is 1. The summed E-state index contributed by atoms with van der Waals surface area (Å²) in [6, 6.07) is 20.9. The summed E-state index contributed by atoms with van der Waals surface area (Å²) in [4.78, 5) is 11.9. The Kier molecular flexibility index (Phi) is 6.76. The summed E-state index contributed by atoms with van der Waals surface area (Å²) >= 11 is 0. The molecule has 23 heavy (non-hydrogen) atoms. The van der Waals surface area contributed by atoms with Crippen molar-refractivity contribution in [1.29, 1.82) is 0 Å². The number of carbonyl (C=O) groups is 1. The van der Waals surface area contributed by atoms with Crippen molar-refractivity contribution in [2.45, 2.75) is 12.8 Å². The molecule has 1 N–H and O–H groups in total. The summed E-state index contributed by atoms with van der Waals surface area (Å²) in [5, 5.41) is 11.4. The predicted octanol–water partition coefficient (Wildman–Crippen LogP) is 2.33. The van der Waals surface area contributed by atoms with Gasteiger partial charge in [0.05, 0.1) is 0 Å². The molecule has 2 aromatic carbocycles. The van der Waals surface area contributed by atoms with E-state index in [0.717, 1.165) is 6.16 Å². The van der Waals surface area contributed by atoms with Crippen LogP contribution in [0, 0.1) is 0 Å². The van der Waals surface area contributed by atoms with Crippen LogP contribution in [-0.2, 0) is 9.53 Å². The molecule has 124 valence electrons. The molecular weight excluding hydrogens is 307 g/mol. The van der Waals surface area contributed by atoms with Gasteiger partial charge < -0.3 is 0 Å². The summed E-state index contributed by atoms with van der Waals surface area (Å²) in [5.41, 5.74) is 0. The van der Waals surface area contributed by atoms with Gasteiger partial charge in [-0.15, -0.1) is 0 Å². The average Bonchev–Trinajstić information content (AvgIpc) is 2.61. The number of aliphatic hydroxyl groups excluding tert-OH is 1. The Morgan fingerprint density at radius 2 is 1.52 bits per heavy atom. The number of hydrogen-bond donors (Lipinski definition) is 1. The van der Waals surface area contributed by atoms with E-state index in [1.54, 1.807) is 0 Å². The normalized spacial score (nSPS) is 11.9. The van der Waals surface area contributed by atoms with Crippen LogP contribution < -0.4 is 10.6 Å². The summed E-state index contributed by atoms with van der Waals surface area (Å²) in [6.45, 7) is 2.65. The maximum atomic E-state index is 11.9. The Bertz CT molecular complexity index is 559. The van der Waals surface area contributed by atoms with Gasteiger partial charge in [-0.25, -0.2) is 0 Å². The molecule has 2 aromatic rings. The third kappa shape index (κ3) is 4.89. The van der Waals surface area contributed by atoms with Gasteiger partial charge in [0, 0.05) is 0 Å². The fourth-order valence-electron chi connectivity index (χ4n) is 2.74. The molecule has 0 saturated heterocycles. The van der Waals surface area contributed by atoms with Gasteiger partial charge in [-0.2, -0.15) is 0 Å². The number of ether oxygens (including phenoxy) is 1. The van der Waals surface area contributed by atoms with Crippen molar-refractivity contribution >= 4 is 23.8 Å². The second-order valence-corrected chi connectivity index (χ2v) is 10.2. The fraction of sp³-hybridized carbons (Fsp3) is 0.316. The quantitative estimate of drug-likeness (QED) is 0.458. The van der Waals surface area contributed by atoms with Crippen LogP contribution in [0.25, 0.3) is 0 Å². The van der Waals surface area contributed by atoms with Crippen molar-refractivity contribution < 1.29 is 14.6 Å². The van der Waals surface area contributed by atoms with Gasteiger partial charge in [-0.1, -0.05) is 0 Å². The van der Waals surface area contributed by atoms with Gasteiger partial charge in [0.1, 0.15) is 0 Å². The molecule has 0 aliphatic rings. The van der Waals surface area contributed by atoms with Crippen LogP contribution >= 0.6 is 7.26 Å². The van der Waals surface area contributed by atoms with Crippen molar-refractivity contribution in [2.24, 2.45) is 0 Å². The maximum absolute atomic E-state index is 11.9. The standard InChI is InChI=1S/C19H25O3P/c1-23(17-9-4-2-5-10-17,18-11-6-3-7-12-18)16-13-19(21)22-15-8-14-20/h2-7,9-12,20,23H,8,13-16H2,1H3. The van der Waals surface area contributed by atoms with Gasteiger partial charge in [0.25, 0.3) is 0 Å².